The van der Waals surface area contributed by atoms with Gasteiger partial charge in [-0.05, 0) is 44.6 Å². The molecule has 2 aromatic carbocycles. The van der Waals surface area contributed by atoms with Gasteiger partial charge in [0, 0.05) is 36.7 Å². The minimum atomic E-state index is -2.49. The molecule has 2 N–H and O–H groups in total. The standard InChI is InChI=1S/C24H28ClN6O2P/c1-30-10-11-31-17(14-30)15-33-21-12-16(8-9-20(21)31)27-24-26-13-18(25)23(29-24)28-19-6-4-5-7-22(19)34(2,3)32/h4-9,12-13,17H,10-11,14-15H2,1-3H3,(H2,26,27,28,29)/t17-/m0/s1. The fourth-order valence-corrected chi connectivity index (χ4v) is 5.72. The van der Waals surface area contributed by atoms with E-state index in [0.29, 0.717) is 35.1 Å². The van der Waals surface area contributed by atoms with Crippen molar-refractivity contribution in [3.8, 4) is 5.75 Å². The summed E-state index contributed by atoms with van der Waals surface area (Å²) in [6.07, 6.45) is 1.54. The van der Waals surface area contributed by atoms with Gasteiger partial charge in [0.15, 0.2) is 5.82 Å². The number of hydrogen-bond acceptors (Lipinski definition) is 8. The van der Waals surface area contributed by atoms with Gasteiger partial charge < -0.3 is 29.7 Å². The van der Waals surface area contributed by atoms with Gasteiger partial charge in [-0.1, -0.05) is 23.7 Å². The maximum absolute atomic E-state index is 12.7. The highest BCUT2D eigenvalue weighted by Gasteiger charge is 2.31. The lowest BCUT2D eigenvalue weighted by Gasteiger charge is -2.44. The van der Waals surface area contributed by atoms with Gasteiger partial charge in [0.2, 0.25) is 5.95 Å². The van der Waals surface area contributed by atoms with Crippen molar-refractivity contribution >= 4 is 52.9 Å². The van der Waals surface area contributed by atoms with Crippen LogP contribution in [0.1, 0.15) is 0 Å². The normalized spacial score (nSPS) is 18.0. The summed E-state index contributed by atoms with van der Waals surface area (Å²) in [7, 11) is -0.335. The second-order valence-electron chi connectivity index (χ2n) is 9.11. The number of halogens is 1. The maximum Gasteiger partial charge on any atom is 0.229 e. The van der Waals surface area contributed by atoms with E-state index in [4.69, 9.17) is 16.3 Å². The Kier molecular flexibility index (Phi) is 6.15. The monoisotopic (exact) mass is 498 g/mol. The molecule has 0 radical (unpaired) electrons. The molecule has 178 valence electrons. The topological polar surface area (TPSA) is 82.6 Å². The van der Waals surface area contributed by atoms with Crippen LogP contribution in [0.15, 0.2) is 48.7 Å². The second kappa shape index (κ2) is 9.10. The highest BCUT2D eigenvalue weighted by atomic mass is 35.5. The first kappa shape index (κ1) is 23.0. The van der Waals surface area contributed by atoms with E-state index >= 15 is 0 Å². The molecule has 8 nitrogen and oxygen atoms in total. The van der Waals surface area contributed by atoms with E-state index in [9.17, 15) is 4.57 Å². The fraction of sp³-hybridized carbons (Fsp3) is 0.333. The summed E-state index contributed by atoms with van der Waals surface area (Å²) in [5, 5.41) is 7.59. The summed E-state index contributed by atoms with van der Waals surface area (Å²) in [5.74, 6) is 1.69. The molecule has 0 saturated carbocycles. The Morgan fingerprint density at radius 3 is 2.79 bits per heavy atom. The number of piperazine rings is 1. The molecule has 1 fully saturated rings. The van der Waals surface area contributed by atoms with Crippen LogP contribution in [-0.2, 0) is 4.57 Å². The van der Waals surface area contributed by atoms with Crippen LogP contribution in [0.5, 0.6) is 5.75 Å². The van der Waals surface area contributed by atoms with Gasteiger partial charge in [-0.25, -0.2) is 4.98 Å². The van der Waals surface area contributed by atoms with Gasteiger partial charge in [0.05, 0.1) is 23.6 Å². The second-order valence-corrected chi connectivity index (χ2v) is 12.7. The molecule has 0 unspecified atom stereocenters. The third kappa shape index (κ3) is 4.71. The van der Waals surface area contributed by atoms with Gasteiger partial charge in [-0.3, -0.25) is 0 Å². The van der Waals surface area contributed by atoms with Crippen molar-refractivity contribution in [2.75, 3.05) is 62.2 Å². The molecule has 0 aliphatic carbocycles. The van der Waals surface area contributed by atoms with E-state index in [2.05, 4.69) is 43.5 Å². The van der Waals surface area contributed by atoms with Crippen LogP contribution >= 0.6 is 18.7 Å². The zero-order valence-electron chi connectivity index (χ0n) is 19.5. The van der Waals surface area contributed by atoms with Crippen LogP contribution in [0.3, 0.4) is 0 Å². The summed E-state index contributed by atoms with van der Waals surface area (Å²) >= 11 is 6.37. The zero-order chi connectivity index (χ0) is 23.9. The molecule has 10 heteroatoms. The Bertz CT molecular complexity index is 1270. The fourth-order valence-electron chi connectivity index (χ4n) is 4.42. The molecule has 0 bridgehead atoms. The lowest BCUT2D eigenvalue weighted by molar-refractivity contribution is 0.188. The minimum absolute atomic E-state index is 0.372. The highest BCUT2D eigenvalue weighted by Crippen LogP contribution is 2.39. The molecule has 0 spiro atoms. The number of ether oxygens (including phenoxy) is 1. The average molecular weight is 499 g/mol. The van der Waals surface area contributed by atoms with E-state index in [1.807, 2.05) is 36.4 Å². The van der Waals surface area contributed by atoms with Crippen molar-refractivity contribution < 1.29 is 9.30 Å². The van der Waals surface area contributed by atoms with Crippen LogP contribution in [0.25, 0.3) is 0 Å². The van der Waals surface area contributed by atoms with Crippen molar-refractivity contribution in [1.82, 2.24) is 14.9 Å². The summed E-state index contributed by atoms with van der Waals surface area (Å²) in [5.41, 5.74) is 2.66. The Balaban J connectivity index is 1.37. The third-order valence-corrected chi connectivity index (χ3v) is 7.95. The van der Waals surface area contributed by atoms with Gasteiger partial charge in [-0.15, -0.1) is 0 Å². The number of para-hydroxylation sites is 1. The predicted octanol–water partition coefficient (Wildman–Crippen LogP) is 4.38. The van der Waals surface area contributed by atoms with Gasteiger partial charge in [-0.2, -0.15) is 4.98 Å². The van der Waals surface area contributed by atoms with Gasteiger partial charge in [0.25, 0.3) is 0 Å². The van der Waals surface area contributed by atoms with E-state index in [1.165, 1.54) is 0 Å². The molecule has 0 amide bonds. The third-order valence-electron chi connectivity index (χ3n) is 6.12. The van der Waals surface area contributed by atoms with Gasteiger partial charge >= 0.3 is 0 Å². The number of hydrogen-bond donors (Lipinski definition) is 2. The SMILES string of the molecule is CN1CCN2c3ccc(Nc4ncc(Cl)c(Nc5ccccc5P(C)(C)=O)n4)cc3OC[C@@H]2C1. The van der Waals surface area contributed by atoms with E-state index in [0.717, 1.165) is 42.1 Å². The van der Waals surface area contributed by atoms with Gasteiger partial charge in [0.1, 0.15) is 24.5 Å². The molecule has 1 saturated heterocycles. The summed E-state index contributed by atoms with van der Waals surface area (Å²) in [6.45, 7) is 7.19. The number of rotatable bonds is 5. The molecule has 3 aromatic rings. The molecule has 5 rings (SSSR count). The minimum Gasteiger partial charge on any atom is -0.489 e. The first-order chi connectivity index (χ1) is 16.3. The molecule has 34 heavy (non-hydrogen) atoms. The van der Waals surface area contributed by atoms with Crippen LogP contribution < -0.4 is 25.6 Å². The Hall–Kier alpha value is -2.80. The van der Waals surface area contributed by atoms with Crippen LogP contribution in [0, 0.1) is 0 Å². The Morgan fingerprint density at radius 2 is 1.97 bits per heavy atom. The highest BCUT2D eigenvalue weighted by molar-refractivity contribution is 7.70. The molecular formula is C24H28ClN6O2P. The molecule has 2 aliphatic heterocycles. The average Bonchev–Trinajstić information content (AvgIpc) is 2.80. The van der Waals surface area contributed by atoms with E-state index < -0.39 is 7.14 Å². The van der Waals surface area contributed by atoms with Crippen molar-refractivity contribution in [2.45, 2.75) is 6.04 Å². The molecular weight excluding hydrogens is 471 g/mol. The van der Waals surface area contributed by atoms with Crippen molar-refractivity contribution in [3.05, 3.63) is 53.7 Å². The first-order valence-corrected chi connectivity index (χ1v) is 14.2. The number of benzene rings is 2. The van der Waals surface area contributed by atoms with Crippen LogP contribution in [-0.4, -0.2) is 67.5 Å². The number of nitrogens with zero attached hydrogens (tertiary/aromatic N) is 4. The molecule has 2 aliphatic rings. The number of anilines is 5. The molecule has 1 atom stereocenters. The summed E-state index contributed by atoms with van der Waals surface area (Å²) in [4.78, 5) is 13.7. The van der Waals surface area contributed by atoms with Crippen LogP contribution in [0.2, 0.25) is 5.02 Å². The zero-order valence-corrected chi connectivity index (χ0v) is 21.1. The maximum atomic E-state index is 12.7. The lowest BCUT2D eigenvalue weighted by atomic mass is 10.1. The van der Waals surface area contributed by atoms with Crippen molar-refractivity contribution in [1.29, 1.82) is 0 Å². The quantitative estimate of drug-likeness (QED) is 0.502. The first-order valence-electron chi connectivity index (χ1n) is 11.2. The largest absolute Gasteiger partial charge is 0.489 e. The summed E-state index contributed by atoms with van der Waals surface area (Å²) in [6, 6.07) is 13.9. The lowest BCUT2D eigenvalue weighted by Crippen LogP contribution is -2.56. The van der Waals surface area contributed by atoms with E-state index in [1.54, 1.807) is 19.5 Å². The number of nitrogens with one attached hydrogen (secondary N) is 2. The number of aromatic nitrogens is 2. The summed E-state index contributed by atoms with van der Waals surface area (Å²) < 4.78 is 18.8. The van der Waals surface area contributed by atoms with E-state index in [-0.39, 0.29) is 0 Å². The van der Waals surface area contributed by atoms with Crippen LogP contribution in [0.4, 0.5) is 28.8 Å². The Morgan fingerprint density at radius 1 is 1.15 bits per heavy atom. The molecule has 1 aromatic heterocycles. The number of fused-ring (bicyclic) bond motifs is 3. The number of likely N-dealkylation sites (N-methyl/N-ethyl adjacent to an activating group) is 1. The predicted molar refractivity (Wildman–Crippen MR) is 140 cm³/mol. The van der Waals surface area contributed by atoms with Crippen molar-refractivity contribution in [3.63, 3.8) is 0 Å². The smallest absolute Gasteiger partial charge is 0.229 e. The Labute approximate surface area is 204 Å². The van der Waals surface area contributed by atoms with Crippen molar-refractivity contribution in [2.24, 2.45) is 0 Å². The molecule has 3 heterocycles.